The summed E-state index contributed by atoms with van der Waals surface area (Å²) in [5.74, 6) is -0.928. The number of halogens is 3. The van der Waals surface area contributed by atoms with Crippen LogP contribution in [0.3, 0.4) is 0 Å². The maximum atomic E-state index is 12.5. The van der Waals surface area contributed by atoms with E-state index in [0.717, 1.165) is 11.1 Å². The van der Waals surface area contributed by atoms with E-state index < -0.39 is 12.0 Å². The Bertz CT molecular complexity index is 526. The standard InChI is InChI=1S/C11H11F3N2/c1-3-7-4-6(2)5-8-9(7)16-10(15-8)11(12,13)14/h4-5H,3H2,1-2H3,(H,15,16). The first-order valence-electron chi connectivity index (χ1n) is 4.98. The largest absolute Gasteiger partial charge is 0.449 e. The molecule has 16 heavy (non-hydrogen) atoms. The first-order chi connectivity index (χ1) is 7.41. The fourth-order valence-electron chi connectivity index (χ4n) is 1.75. The van der Waals surface area contributed by atoms with Crippen molar-refractivity contribution in [1.29, 1.82) is 0 Å². The van der Waals surface area contributed by atoms with Gasteiger partial charge < -0.3 is 4.98 Å². The summed E-state index contributed by atoms with van der Waals surface area (Å²) in [6.07, 6.45) is -3.75. The second kappa shape index (κ2) is 3.50. The topological polar surface area (TPSA) is 28.7 Å². The Morgan fingerprint density at radius 3 is 2.56 bits per heavy atom. The molecule has 1 aromatic heterocycles. The number of aromatic amines is 1. The minimum absolute atomic E-state index is 0.417. The van der Waals surface area contributed by atoms with Crippen molar-refractivity contribution < 1.29 is 13.2 Å². The SMILES string of the molecule is CCc1cc(C)cc2[nH]c(C(F)(F)F)nc12. The molecule has 0 radical (unpaired) electrons. The van der Waals surface area contributed by atoms with Gasteiger partial charge >= 0.3 is 6.18 Å². The molecule has 0 atom stereocenters. The van der Waals surface area contributed by atoms with Gasteiger partial charge in [-0.15, -0.1) is 0 Å². The van der Waals surface area contributed by atoms with E-state index >= 15 is 0 Å². The number of hydrogen-bond donors (Lipinski definition) is 1. The highest BCUT2D eigenvalue weighted by Gasteiger charge is 2.34. The molecule has 0 aliphatic rings. The second-order valence-corrected chi connectivity index (χ2v) is 3.76. The molecule has 5 heteroatoms. The summed E-state index contributed by atoms with van der Waals surface area (Å²) >= 11 is 0. The van der Waals surface area contributed by atoms with Crippen LogP contribution in [0.25, 0.3) is 11.0 Å². The average Bonchev–Trinajstić information content (AvgIpc) is 2.59. The number of aromatic nitrogens is 2. The third kappa shape index (κ3) is 1.77. The van der Waals surface area contributed by atoms with E-state index in [0.29, 0.717) is 17.5 Å². The van der Waals surface area contributed by atoms with Gasteiger partial charge in [0.05, 0.1) is 11.0 Å². The molecule has 0 unspecified atom stereocenters. The van der Waals surface area contributed by atoms with Crippen LogP contribution in [0.15, 0.2) is 12.1 Å². The van der Waals surface area contributed by atoms with Crippen molar-refractivity contribution in [3.63, 3.8) is 0 Å². The van der Waals surface area contributed by atoms with E-state index in [-0.39, 0.29) is 0 Å². The molecule has 1 N–H and O–H groups in total. The summed E-state index contributed by atoms with van der Waals surface area (Å²) in [6.45, 7) is 3.75. The average molecular weight is 228 g/mol. The zero-order valence-corrected chi connectivity index (χ0v) is 8.94. The van der Waals surface area contributed by atoms with Crippen molar-refractivity contribution >= 4 is 11.0 Å². The summed E-state index contributed by atoms with van der Waals surface area (Å²) in [6, 6.07) is 3.54. The molecule has 1 heterocycles. The van der Waals surface area contributed by atoms with Crippen LogP contribution < -0.4 is 0 Å². The van der Waals surface area contributed by atoms with E-state index in [4.69, 9.17) is 0 Å². The van der Waals surface area contributed by atoms with Gasteiger partial charge in [0.1, 0.15) is 0 Å². The van der Waals surface area contributed by atoms with Gasteiger partial charge in [0.15, 0.2) is 0 Å². The third-order valence-corrected chi connectivity index (χ3v) is 2.46. The highest BCUT2D eigenvalue weighted by Crippen LogP contribution is 2.30. The van der Waals surface area contributed by atoms with Gasteiger partial charge in [0.2, 0.25) is 5.82 Å². The Hall–Kier alpha value is -1.52. The molecule has 2 nitrogen and oxygen atoms in total. The summed E-state index contributed by atoms with van der Waals surface area (Å²) in [5.41, 5.74) is 2.63. The van der Waals surface area contributed by atoms with Gasteiger partial charge in [-0.05, 0) is 30.5 Å². The van der Waals surface area contributed by atoms with Crippen molar-refractivity contribution in [2.75, 3.05) is 0 Å². The third-order valence-electron chi connectivity index (χ3n) is 2.46. The maximum Gasteiger partial charge on any atom is 0.449 e. The van der Waals surface area contributed by atoms with Gasteiger partial charge in [-0.2, -0.15) is 13.2 Å². The monoisotopic (exact) mass is 228 g/mol. The number of H-pyrrole nitrogens is 1. The number of aryl methyl sites for hydroxylation is 2. The molecule has 0 aliphatic carbocycles. The van der Waals surface area contributed by atoms with Crippen LogP contribution in [0.4, 0.5) is 13.2 Å². The lowest BCUT2D eigenvalue weighted by Gasteiger charge is -1.99. The zero-order valence-electron chi connectivity index (χ0n) is 8.94. The van der Waals surface area contributed by atoms with Crippen LogP contribution in [0, 0.1) is 6.92 Å². The predicted octanol–water partition coefficient (Wildman–Crippen LogP) is 3.45. The first-order valence-corrected chi connectivity index (χ1v) is 4.98. The molecular formula is C11H11F3N2. The number of nitrogens with zero attached hydrogens (tertiary/aromatic N) is 1. The first kappa shape index (κ1) is 11.0. The van der Waals surface area contributed by atoms with Crippen LogP contribution in [-0.2, 0) is 12.6 Å². The van der Waals surface area contributed by atoms with Crippen LogP contribution in [0.5, 0.6) is 0 Å². The van der Waals surface area contributed by atoms with Gasteiger partial charge in [-0.25, -0.2) is 4.98 Å². The molecule has 0 saturated carbocycles. The van der Waals surface area contributed by atoms with Gasteiger partial charge in [0.25, 0.3) is 0 Å². The summed E-state index contributed by atoms with van der Waals surface area (Å²) in [4.78, 5) is 5.93. The molecule has 0 aliphatic heterocycles. The summed E-state index contributed by atoms with van der Waals surface area (Å²) in [7, 11) is 0. The Morgan fingerprint density at radius 1 is 1.31 bits per heavy atom. The molecule has 1 aromatic carbocycles. The van der Waals surface area contributed by atoms with Crippen LogP contribution in [0.1, 0.15) is 23.9 Å². The van der Waals surface area contributed by atoms with Crippen molar-refractivity contribution in [1.82, 2.24) is 9.97 Å². The molecule has 2 rings (SSSR count). The molecule has 0 saturated heterocycles. The number of fused-ring (bicyclic) bond motifs is 1. The number of hydrogen-bond acceptors (Lipinski definition) is 1. The van der Waals surface area contributed by atoms with Crippen molar-refractivity contribution in [3.8, 4) is 0 Å². The fraction of sp³-hybridized carbons (Fsp3) is 0.364. The number of imidazole rings is 1. The highest BCUT2D eigenvalue weighted by atomic mass is 19.4. The predicted molar refractivity (Wildman–Crippen MR) is 55.2 cm³/mol. The van der Waals surface area contributed by atoms with Crippen molar-refractivity contribution in [2.24, 2.45) is 0 Å². The highest BCUT2D eigenvalue weighted by molar-refractivity contribution is 5.79. The van der Waals surface area contributed by atoms with Gasteiger partial charge in [0, 0.05) is 0 Å². The molecule has 86 valence electrons. The lowest BCUT2D eigenvalue weighted by atomic mass is 10.1. The Balaban J connectivity index is 2.70. The smallest absolute Gasteiger partial charge is 0.334 e. The van der Waals surface area contributed by atoms with Crippen LogP contribution in [0.2, 0.25) is 0 Å². The lowest BCUT2D eigenvalue weighted by Crippen LogP contribution is -2.06. The molecule has 2 aromatic rings. The van der Waals surface area contributed by atoms with Crippen molar-refractivity contribution in [3.05, 3.63) is 29.1 Å². The summed E-state index contributed by atoms with van der Waals surface area (Å²) in [5, 5.41) is 0. The van der Waals surface area contributed by atoms with E-state index in [9.17, 15) is 13.2 Å². The molecule has 0 fully saturated rings. The fourth-order valence-corrected chi connectivity index (χ4v) is 1.75. The number of benzene rings is 1. The molecular weight excluding hydrogens is 217 g/mol. The van der Waals surface area contributed by atoms with Crippen molar-refractivity contribution in [2.45, 2.75) is 26.4 Å². The molecule has 0 amide bonds. The quantitative estimate of drug-likeness (QED) is 0.795. The number of alkyl halides is 3. The second-order valence-electron chi connectivity index (χ2n) is 3.76. The molecule has 0 bridgehead atoms. The van der Waals surface area contributed by atoms with Gasteiger partial charge in [-0.1, -0.05) is 13.0 Å². The number of nitrogens with one attached hydrogen (secondary N) is 1. The van der Waals surface area contributed by atoms with E-state index in [1.54, 1.807) is 6.07 Å². The van der Waals surface area contributed by atoms with E-state index in [1.807, 2.05) is 19.9 Å². The molecule has 0 spiro atoms. The maximum absolute atomic E-state index is 12.5. The zero-order chi connectivity index (χ0) is 11.9. The Kier molecular flexibility index (Phi) is 2.40. The normalized spacial score (nSPS) is 12.3. The summed E-state index contributed by atoms with van der Waals surface area (Å²) < 4.78 is 37.4. The van der Waals surface area contributed by atoms with E-state index in [2.05, 4.69) is 9.97 Å². The van der Waals surface area contributed by atoms with Gasteiger partial charge in [-0.3, -0.25) is 0 Å². The minimum Gasteiger partial charge on any atom is -0.334 e. The minimum atomic E-state index is -4.42. The lowest BCUT2D eigenvalue weighted by molar-refractivity contribution is -0.144. The van der Waals surface area contributed by atoms with E-state index in [1.165, 1.54) is 0 Å². The van der Waals surface area contributed by atoms with Crippen LogP contribution >= 0.6 is 0 Å². The van der Waals surface area contributed by atoms with Crippen LogP contribution in [-0.4, -0.2) is 9.97 Å². The number of rotatable bonds is 1. The Labute approximate surface area is 90.5 Å². The Morgan fingerprint density at radius 2 is 2.00 bits per heavy atom.